The number of aromatic nitrogens is 2. The average Bonchev–Trinajstić information content (AvgIpc) is 3.43. The van der Waals surface area contributed by atoms with Gasteiger partial charge in [0.25, 0.3) is 10.9 Å². The largest absolute Gasteiger partial charge is 0.477 e. The van der Waals surface area contributed by atoms with Crippen LogP contribution >= 0.6 is 23.4 Å². The summed E-state index contributed by atoms with van der Waals surface area (Å²) in [5.74, 6) is -0.337. The molecule has 0 aliphatic heterocycles. The van der Waals surface area contributed by atoms with Gasteiger partial charge < -0.3 is 13.9 Å². The summed E-state index contributed by atoms with van der Waals surface area (Å²) in [6.07, 6.45) is 1.32. The summed E-state index contributed by atoms with van der Waals surface area (Å²) in [6, 6.07) is 15.9. The number of nitro benzene ring substituents is 1. The van der Waals surface area contributed by atoms with Crippen molar-refractivity contribution in [2.75, 3.05) is 0 Å². The topological polar surface area (TPSA) is 132 Å². The minimum absolute atomic E-state index is 0.0238. The van der Waals surface area contributed by atoms with E-state index in [0.29, 0.717) is 21.9 Å². The Morgan fingerprint density at radius 2 is 1.81 bits per heavy atom. The molecule has 2 aromatic heterocycles. The van der Waals surface area contributed by atoms with Gasteiger partial charge in [-0.3, -0.25) is 10.1 Å². The van der Waals surface area contributed by atoms with Crippen molar-refractivity contribution in [2.24, 2.45) is 0 Å². The van der Waals surface area contributed by atoms with Gasteiger partial charge in [0.2, 0.25) is 5.89 Å². The molecule has 1 N–H and O–H groups in total. The number of benzene rings is 2. The van der Waals surface area contributed by atoms with Crippen LogP contribution in [-0.2, 0) is 4.79 Å². The molecule has 4 rings (SSSR count). The molecule has 0 saturated carbocycles. The van der Waals surface area contributed by atoms with Crippen LogP contribution in [0.5, 0.6) is 0 Å². The molecule has 160 valence electrons. The lowest BCUT2D eigenvalue weighted by molar-refractivity contribution is -0.384. The first kappa shape index (κ1) is 21.3. The third-order valence-corrected chi connectivity index (χ3v) is 5.36. The highest BCUT2D eigenvalue weighted by Crippen LogP contribution is 2.33. The molecule has 11 heteroatoms. The predicted molar refractivity (Wildman–Crippen MR) is 117 cm³/mol. The number of carboxylic acids is 1. The molecule has 2 heterocycles. The predicted octanol–water partition coefficient (Wildman–Crippen LogP) is 5.78. The zero-order chi connectivity index (χ0) is 22.7. The molecule has 0 unspecified atom stereocenters. The molecule has 0 spiro atoms. The molecule has 0 aliphatic carbocycles. The van der Waals surface area contributed by atoms with E-state index in [2.05, 4.69) is 10.2 Å². The summed E-state index contributed by atoms with van der Waals surface area (Å²) < 4.78 is 11.2. The second-order valence-electron chi connectivity index (χ2n) is 6.27. The number of non-ortho nitro benzene ring substituents is 1. The number of nitrogens with zero attached hydrogens (tertiary/aromatic N) is 3. The van der Waals surface area contributed by atoms with Gasteiger partial charge in [-0.05, 0) is 48.2 Å². The molecule has 0 aliphatic rings. The first-order valence-electron chi connectivity index (χ1n) is 8.96. The Kier molecular flexibility index (Phi) is 6.06. The number of hydrogen-bond donors (Lipinski definition) is 1. The van der Waals surface area contributed by atoms with E-state index in [0.717, 1.165) is 11.8 Å². The van der Waals surface area contributed by atoms with Gasteiger partial charge in [-0.2, -0.15) is 0 Å². The fourth-order valence-corrected chi connectivity index (χ4v) is 3.55. The van der Waals surface area contributed by atoms with Crippen molar-refractivity contribution in [3.63, 3.8) is 0 Å². The summed E-state index contributed by atoms with van der Waals surface area (Å²) in [6.45, 7) is 0. The van der Waals surface area contributed by atoms with Gasteiger partial charge in [0.1, 0.15) is 16.4 Å². The third-order valence-electron chi connectivity index (χ3n) is 4.18. The maximum absolute atomic E-state index is 11.7. The van der Waals surface area contributed by atoms with E-state index in [-0.39, 0.29) is 27.5 Å². The van der Waals surface area contributed by atoms with E-state index in [1.54, 1.807) is 48.5 Å². The Balaban J connectivity index is 1.55. The molecule has 9 nitrogen and oxygen atoms in total. The molecular formula is C21H12ClN3O6S. The number of aliphatic carboxylic acids is 1. The molecule has 0 atom stereocenters. The highest BCUT2D eigenvalue weighted by atomic mass is 35.5. The highest BCUT2D eigenvalue weighted by molar-refractivity contribution is 8.03. The van der Waals surface area contributed by atoms with Gasteiger partial charge in [0, 0.05) is 23.8 Å². The number of carboxylic acid groups (broad SMARTS) is 1. The number of thioether (sulfide) groups is 1. The summed E-state index contributed by atoms with van der Waals surface area (Å²) in [4.78, 5) is 21.9. The van der Waals surface area contributed by atoms with Crippen molar-refractivity contribution in [3.8, 4) is 22.8 Å². The van der Waals surface area contributed by atoms with Crippen molar-refractivity contribution in [1.82, 2.24) is 10.2 Å². The van der Waals surface area contributed by atoms with Crippen molar-refractivity contribution < 1.29 is 23.7 Å². The second-order valence-corrected chi connectivity index (χ2v) is 7.68. The summed E-state index contributed by atoms with van der Waals surface area (Å²) >= 11 is 6.89. The maximum Gasteiger partial charge on any atom is 0.342 e. The highest BCUT2D eigenvalue weighted by Gasteiger charge is 2.18. The Hall–Kier alpha value is -3.89. The van der Waals surface area contributed by atoms with Crippen molar-refractivity contribution in [3.05, 3.63) is 86.5 Å². The SMILES string of the molecule is O=C(O)C(=Cc1ccc(-c2ccc([N+](=O)[O-])cc2)o1)Sc1nnc(-c2ccccc2Cl)o1. The quantitative estimate of drug-likeness (QED) is 0.155. The maximum atomic E-state index is 11.7. The van der Waals surface area contributed by atoms with Gasteiger partial charge in [0.05, 0.1) is 15.5 Å². The molecule has 0 bridgehead atoms. The van der Waals surface area contributed by atoms with Crippen LogP contribution in [0.25, 0.3) is 28.9 Å². The van der Waals surface area contributed by atoms with Crippen LogP contribution in [0.1, 0.15) is 5.76 Å². The first-order valence-corrected chi connectivity index (χ1v) is 10.2. The molecule has 0 saturated heterocycles. The minimum Gasteiger partial charge on any atom is -0.477 e. The minimum atomic E-state index is -1.21. The Morgan fingerprint density at radius 3 is 2.50 bits per heavy atom. The molecule has 0 radical (unpaired) electrons. The number of carbonyl (C=O) groups is 1. The standard InChI is InChI=1S/C21H12ClN3O6S/c22-16-4-2-1-3-15(16)19-23-24-21(31-19)32-18(20(26)27)11-14-9-10-17(30-14)12-5-7-13(8-6-12)25(28)29/h1-11H,(H,26,27). The number of halogens is 1. The van der Waals surface area contributed by atoms with Crippen molar-refractivity contribution in [1.29, 1.82) is 0 Å². The van der Waals surface area contributed by atoms with Crippen LogP contribution in [0, 0.1) is 10.1 Å². The van der Waals surface area contributed by atoms with Crippen LogP contribution in [0.2, 0.25) is 5.02 Å². The number of rotatable bonds is 7. The number of furan rings is 1. The lowest BCUT2D eigenvalue weighted by atomic mass is 10.1. The van der Waals surface area contributed by atoms with E-state index in [1.807, 2.05) is 0 Å². The fourth-order valence-electron chi connectivity index (χ4n) is 2.69. The molecule has 0 fully saturated rings. The van der Waals surface area contributed by atoms with E-state index in [9.17, 15) is 20.0 Å². The summed E-state index contributed by atoms with van der Waals surface area (Å²) in [5.41, 5.74) is 1.11. The van der Waals surface area contributed by atoms with Gasteiger partial charge >= 0.3 is 5.97 Å². The number of nitro groups is 1. The molecule has 4 aromatic rings. The van der Waals surface area contributed by atoms with E-state index < -0.39 is 10.9 Å². The Labute approximate surface area is 189 Å². The normalized spacial score (nSPS) is 11.5. The van der Waals surface area contributed by atoms with Crippen molar-refractivity contribution >= 4 is 41.1 Å². The van der Waals surface area contributed by atoms with Crippen LogP contribution in [-0.4, -0.2) is 26.2 Å². The van der Waals surface area contributed by atoms with E-state index in [1.165, 1.54) is 18.2 Å². The zero-order valence-corrected chi connectivity index (χ0v) is 17.5. The van der Waals surface area contributed by atoms with E-state index in [4.69, 9.17) is 20.4 Å². The average molecular weight is 470 g/mol. The van der Waals surface area contributed by atoms with Crippen LogP contribution in [0.3, 0.4) is 0 Å². The molecular weight excluding hydrogens is 458 g/mol. The smallest absolute Gasteiger partial charge is 0.342 e. The lowest BCUT2D eigenvalue weighted by Gasteiger charge is -1.99. The third kappa shape index (κ3) is 4.71. The summed E-state index contributed by atoms with van der Waals surface area (Å²) in [5, 5.41) is 28.6. The molecule has 0 amide bonds. The van der Waals surface area contributed by atoms with Crippen LogP contribution < -0.4 is 0 Å². The Bertz CT molecular complexity index is 1330. The summed E-state index contributed by atoms with van der Waals surface area (Å²) in [7, 11) is 0. The van der Waals surface area contributed by atoms with Gasteiger partial charge in [0.15, 0.2) is 0 Å². The van der Waals surface area contributed by atoms with E-state index >= 15 is 0 Å². The van der Waals surface area contributed by atoms with Gasteiger partial charge in [-0.15, -0.1) is 10.2 Å². The molecule has 2 aromatic carbocycles. The molecule has 32 heavy (non-hydrogen) atoms. The first-order chi connectivity index (χ1) is 15.4. The van der Waals surface area contributed by atoms with Gasteiger partial charge in [-0.1, -0.05) is 23.7 Å². The van der Waals surface area contributed by atoms with Crippen LogP contribution in [0.4, 0.5) is 5.69 Å². The zero-order valence-electron chi connectivity index (χ0n) is 16.0. The van der Waals surface area contributed by atoms with Crippen molar-refractivity contribution in [2.45, 2.75) is 5.22 Å². The van der Waals surface area contributed by atoms with Crippen LogP contribution in [0.15, 0.2) is 79.6 Å². The lowest BCUT2D eigenvalue weighted by Crippen LogP contribution is -1.96. The Morgan fingerprint density at radius 1 is 1.06 bits per heavy atom. The monoisotopic (exact) mass is 469 g/mol. The van der Waals surface area contributed by atoms with Gasteiger partial charge in [-0.25, -0.2) is 4.79 Å². The second kappa shape index (κ2) is 9.08. The fraction of sp³-hybridized carbons (Fsp3) is 0. The number of hydrogen-bond acceptors (Lipinski definition) is 8.